The first-order valence-electron chi connectivity index (χ1n) is 12.3. The Labute approximate surface area is 197 Å². The number of hydrogen-bond acceptors (Lipinski definition) is 1. The molecule has 2 aliphatic rings. The summed E-state index contributed by atoms with van der Waals surface area (Å²) in [6.45, 7) is 0. The standard InChI is InChI=1S/C32H30O/c1-3-11-25-21-27(19-17-23(25)9-1)29-13-5-7-15-31(29)33-32-16-8-6-14-30(32)28-20-18-24-10-2-4-12-26(24)22-28/h1-16,27-28H,17-22H2. The van der Waals surface area contributed by atoms with Gasteiger partial charge >= 0.3 is 0 Å². The Kier molecular flexibility index (Phi) is 5.48. The molecule has 6 rings (SSSR count). The van der Waals surface area contributed by atoms with Gasteiger partial charge < -0.3 is 4.74 Å². The van der Waals surface area contributed by atoms with Crippen LogP contribution in [-0.4, -0.2) is 0 Å². The minimum Gasteiger partial charge on any atom is -0.457 e. The summed E-state index contributed by atoms with van der Waals surface area (Å²) in [5.74, 6) is 3.05. The highest BCUT2D eigenvalue weighted by molar-refractivity contribution is 5.46. The van der Waals surface area contributed by atoms with Gasteiger partial charge in [0, 0.05) is 0 Å². The number of aryl methyl sites for hydroxylation is 2. The monoisotopic (exact) mass is 430 g/mol. The molecule has 0 amide bonds. The van der Waals surface area contributed by atoms with E-state index in [0.717, 1.165) is 37.2 Å². The van der Waals surface area contributed by atoms with Crippen LogP contribution in [0.25, 0.3) is 0 Å². The Morgan fingerprint density at radius 1 is 0.455 bits per heavy atom. The molecule has 0 bridgehead atoms. The van der Waals surface area contributed by atoms with E-state index in [1.54, 1.807) is 0 Å². The average Bonchev–Trinajstić information content (AvgIpc) is 2.89. The molecule has 164 valence electrons. The van der Waals surface area contributed by atoms with Crippen LogP contribution in [0.15, 0.2) is 97.1 Å². The Morgan fingerprint density at radius 3 is 1.33 bits per heavy atom. The summed E-state index contributed by atoms with van der Waals surface area (Å²) in [5, 5.41) is 0. The minimum absolute atomic E-state index is 0.504. The predicted octanol–water partition coefficient (Wildman–Crippen LogP) is 8.02. The average molecular weight is 431 g/mol. The largest absolute Gasteiger partial charge is 0.457 e. The van der Waals surface area contributed by atoms with E-state index in [9.17, 15) is 0 Å². The van der Waals surface area contributed by atoms with Crippen LogP contribution >= 0.6 is 0 Å². The molecule has 0 aromatic heterocycles. The van der Waals surface area contributed by atoms with E-state index < -0.39 is 0 Å². The van der Waals surface area contributed by atoms with Gasteiger partial charge in [-0.3, -0.25) is 0 Å². The fraction of sp³-hybridized carbons (Fsp3) is 0.250. The SMILES string of the molecule is c1ccc2c(c1)CCC(c1ccccc1Oc1ccccc1C1CCc3ccccc3C1)C2. The first-order valence-corrected chi connectivity index (χ1v) is 12.3. The predicted molar refractivity (Wildman–Crippen MR) is 135 cm³/mol. The fourth-order valence-electron chi connectivity index (χ4n) is 5.87. The van der Waals surface area contributed by atoms with Gasteiger partial charge in [0.25, 0.3) is 0 Å². The summed E-state index contributed by atoms with van der Waals surface area (Å²) in [4.78, 5) is 0. The lowest BCUT2D eigenvalue weighted by molar-refractivity contribution is 0.446. The topological polar surface area (TPSA) is 9.23 Å². The second kappa shape index (κ2) is 8.90. The third-order valence-corrected chi connectivity index (χ3v) is 7.63. The van der Waals surface area contributed by atoms with Gasteiger partial charge in [0.1, 0.15) is 11.5 Å². The van der Waals surface area contributed by atoms with E-state index in [1.165, 1.54) is 46.2 Å². The number of hydrogen-bond donors (Lipinski definition) is 0. The molecule has 0 radical (unpaired) electrons. The second-order valence-corrected chi connectivity index (χ2v) is 9.59. The van der Waals surface area contributed by atoms with Gasteiger partial charge in [-0.1, -0.05) is 84.9 Å². The Morgan fingerprint density at radius 2 is 0.848 bits per heavy atom. The number of para-hydroxylation sites is 2. The molecule has 2 atom stereocenters. The van der Waals surface area contributed by atoms with Gasteiger partial charge in [-0.25, -0.2) is 0 Å². The maximum absolute atomic E-state index is 6.72. The number of benzene rings is 4. The maximum Gasteiger partial charge on any atom is 0.130 e. The van der Waals surface area contributed by atoms with Crippen LogP contribution in [0.4, 0.5) is 0 Å². The number of rotatable bonds is 4. The van der Waals surface area contributed by atoms with E-state index in [4.69, 9.17) is 4.74 Å². The lowest BCUT2D eigenvalue weighted by Crippen LogP contribution is -2.14. The van der Waals surface area contributed by atoms with Crippen LogP contribution in [0.1, 0.15) is 58.1 Å². The Hall–Kier alpha value is -3.32. The van der Waals surface area contributed by atoms with Gasteiger partial charge in [-0.2, -0.15) is 0 Å². The van der Waals surface area contributed by atoms with E-state index >= 15 is 0 Å². The summed E-state index contributed by atoms with van der Waals surface area (Å²) in [6, 6.07) is 35.2. The molecular weight excluding hydrogens is 400 g/mol. The van der Waals surface area contributed by atoms with Crippen molar-refractivity contribution >= 4 is 0 Å². The zero-order chi connectivity index (χ0) is 22.0. The third-order valence-electron chi connectivity index (χ3n) is 7.63. The smallest absolute Gasteiger partial charge is 0.130 e. The highest BCUT2D eigenvalue weighted by atomic mass is 16.5. The lowest BCUT2D eigenvalue weighted by atomic mass is 9.79. The fourth-order valence-corrected chi connectivity index (χ4v) is 5.87. The maximum atomic E-state index is 6.72. The van der Waals surface area contributed by atoms with Crippen LogP contribution < -0.4 is 4.74 Å². The molecule has 0 spiro atoms. The van der Waals surface area contributed by atoms with Crippen molar-refractivity contribution in [2.24, 2.45) is 0 Å². The van der Waals surface area contributed by atoms with Crippen molar-refractivity contribution < 1.29 is 4.74 Å². The van der Waals surface area contributed by atoms with Gasteiger partial charge in [0.05, 0.1) is 0 Å². The van der Waals surface area contributed by atoms with Crippen molar-refractivity contribution in [1.82, 2.24) is 0 Å². The first-order chi connectivity index (χ1) is 16.3. The lowest BCUT2D eigenvalue weighted by Gasteiger charge is -2.28. The molecule has 0 saturated heterocycles. The summed E-state index contributed by atoms with van der Waals surface area (Å²) in [7, 11) is 0. The van der Waals surface area contributed by atoms with Crippen molar-refractivity contribution in [1.29, 1.82) is 0 Å². The molecule has 2 aliphatic carbocycles. The number of fused-ring (bicyclic) bond motifs is 2. The van der Waals surface area contributed by atoms with Crippen molar-refractivity contribution in [3.8, 4) is 11.5 Å². The highest BCUT2D eigenvalue weighted by Gasteiger charge is 2.25. The van der Waals surface area contributed by atoms with Gasteiger partial charge in [-0.05, 0) is 95.9 Å². The molecule has 33 heavy (non-hydrogen) atoms. The van der Waals surface area contributed by atoms with Crippen molar-refractivity contribution in [3.63, 3.8) is 0 Å². The summed E-state index contributed by atoms with van der Waals surface area (Å²) in [6.07, 6.45) is 6.84. The summed E-state index contributed by atoms with van der Waals surface area (Å²) in [5.41, 5.74) is 8.69. The molecule has 2 unspecified atom stereocenters. The molecule has 0 saturated carbocycles. The van der Waals surface area contributed by atoms with E-state index in [0.29, 0.717) is 11.8 Å². The van der Waals surface area contributed by atoms with Crippen molar-refractivity contribution in [2.75, 3.05) is 0 Å². The van der Waals surface area contributed by atoms with Gasteiger partial charge in [-0.15, -0.1) is 0 Å². The van der Waals surface area contributed by atoms with E-state index in [-0.39, 0.29) is 0 Å². The summed E-state index contributed by atoms with van der Waals surface area (Å²) < 4.78 is 6.72. The van der Waals surface area contributed by atoms with Crippen molar-refractivity contribution in [3.05, 3.63) is 130 Å². The van der Waals surface area contributed by atoms with Crippen molar-refractivity contribution in [2.45, 2.75) is 50.4 Å². The van der Waals surface area contributed by atoms with Gasteiger partial charge in [0.15, 0.2) is 0 Å². The van der Waals surface area contributed by atoms with Crippen LogP contribution in [0.5, 0.6) is 11.5 Å². The second-order valence-electron chi connectivity index (χ2n) is 9.59. The molecule has 1 heteroatoms. The Bertz CT molecular complexity index is 1170. The summed E-state index contributed by atoms with van der Waals surface area (Å²) >= 11 is 0. The molecule has 1 nitrogen and oxygen atoms in total. The molecule has 0 aliphatic heterocycles. The van der Waals surface area contributed by atoms with Crippen LogP contribution in [-0.2, 0) is 25.7 Å². The van der Waals surface area contributed by atoms with Crippen LogP contribution in [0.3, 0.4) is 0 Å². The highest BCUT2D eigenvalue weighted by Crippen LogP contribution is 2.42. The quantitative estimate of drug-likeness (QED) is 0.318. The Balaban J connectivity index is 1.28. The molecule has 4 aromatic rings. The van der Waals surface area contributed by atoms with Crippen LogP contribution in [0.2, 0.25) is 0 Å². The first kappa shape index (κ1) is 20.3. The van der Waals surface area contributed by atoms with E-state index in [2.05, 4.69) is 97.1 Å². The van der Waals surface area contributed by atoms with Crippen LogP contribution in [0, 0.1) is 0 Å². The van der Waals surface area contributed by atoms with Gasteiger partial charge in [0.2, 0.25) is 0 Å². The molecule has 0 heterocycles. The minimum atomic E-state index is 0.504. The van der Waals surface area contributed by atoms with E-state index in [1.807, 2.05) is 0 Å². The normalized spacial score (nSPS) is 19.4. The molecule has 0 N–H and O–H groups in total. The molecular formula is C32H30O. The zero-order valence-electron chi connectivity index (χ0n) is 19.0. The zero-order valence-corrected chi connectivity index (χ0v) is 19.0. The number of ether oxygens (including phenoxy) is 1. The third kappa shape index (κ3) is 4.09. The molecule has 4 aromatic carbocycles. The molecule has 0 fully saturated rings.